The van der Waals surface area contributed by atoms with Gasteiger partial charge in [0, 0.05) is 0 Å². The van der Waals surface area contributed by atoms with E-state index in [1.165, 1.54) is 48.8 Å². The highest BCUT2D eigenvalue weighted by atomic mass is 14.1. The molecule has 1 rings (SSSR count). The molecule has 0 saturated carbocycles. The first-order chi connectivity index (χ1) is 8.21. The maximum absolute atomic E-state index is 3.93. The van der Waals surface area contributed by atoms with Crippen LogP contribution in [-0.2, 0) is 6.42 Å². The fraction of sp³-hybridized carbons (Fsp3) is 0.529. The molecule has 0 fully saturated rings. The van der Waals surface area contributed by atoms with Gasteiger partial charge in [-0.2, -0.15) is 0 Å². The lowest BCUT2D eigenvalue weighted by atomic mass is 9.89. The van der Waals surface area contributed by atoms with Gasteiger partial charge in [0.15, 0.2) is 0 Å². The highest BCUT2D eigenvalue weighted by Gasteiger charge is 2.09. The summed E-state index contributed by atoms with van der Waals surface area (Å²) in [5.41, 5.74) is 4.11. The van der Waals surface area contributed by atoms with Crippen LogP contribution >= 0.6 is 0 Å². The topological polar surface area (TPSA) is 0 Å². The molecule has 0 aliphatic heterocycles. The SMILES string of the molecule is C=Cc1cc(C)ccc1CC(CC)CCCC. The molecule has 0 radical (unpaired) electrons. The van der Waals surface area contributed by atoms with E-state index in [9.17, 15) is 0 Å². The third-order valence-corrected chi connectivity index (χ3v) is 3.57. The Bertz CT molecular complexity index is 349. The van der Waals surface area contributed by atoms with Crippen LogP contribution in [0, 0.1) is 12.8 Å². The van der Waals surface area contributed by atoms with Crippen molar-refractivity contribution in [3.05, 3.63) is 41.5 Å². The molecule has 0 nitrogen and oxygen atoms in total. The first kappa shape index (κ1) is 14.0. The molecule has 1 unspecified atom stereocenters. The molecule has 1 aromatic carbocycles. The highest BCUT2D eigenvalue weighted by Crippen LogP contribution is 2.22. The van der Waals surface area contributed by atoms with Crippen LogP contribution in [0.2, 0.25) is 0 Å². The minimum atomic E-state index is 0.830. The number of aryl methyl sites for hydroxylation is 1. The van der Waals surface area contributed by atoms with E-state index < -0.39 is 0 Å². The third-order valence-electron chi connectivity index (χ3n) is 3.57. The van der Waals surface area contributed by atoms with Crippen molar-refractivity contribution in [3.8, 4) is 0 Å². The van der Waals surface area contributed by atoms with Crippen LogP contribution < -0.4 is 0 Å². The number of hydrogen-bond donors (Lipinski definition) is 0. The smallest absolute Gasteiger partial charge is 0.0228 e. The predicted molar refractivity (Wildman–Crippen MR) is 78.3 cm³/mol. The predicted octanol–water partition coefficient (Wildman–Crippen LogP) is 5.40. The summed E-state index contributed by atoms with van der Waals surface area (Å²) in [6.07, 6.45) is 8.50. The Balaban J connectivity index is 2.74. The molecule has 0 saturated heterocycles. The van der Waals surface area contributed by atoms with Crippen molar-refractivity contribution in [3.63, 3.8) is 0 Å². The Labute approximate surface area is 107 Å². The van der Waals surface area contributed by atoms with Crippen molar-refractivity contribution in [2.24, 2.45) is 5.92 Å². The van der Waals surface area contributed by atoms with Crippen molar-refractivity contribution in [2.45, 2.75) is 52.9 Å². The molecule has 0 spiro atoms. The van der Waals surface area contributed by atoms with Gasteiger partial charge in [0.25, 0.3) is 0 Å². The Morgan fingerprint density at radius 3 is 2.65 bits per heavy atom. The Kier molecular flexibility index (Phi) is 6.04. The van der Waals surface area contributed by atoms with E-state index in [1.54, 1.807) is 0 Å². The standard InChI is InChI=1S/C17H26/c1-5-8-9-15(6-2)13-17-11-10-14(4)12-16(17)7-3/h7,10-12,15H,3,5-6,8-9,13H2,1-2,4H3. The summed E-state index contributed by atoms with van der Waals surface area (Å²) in [7, 11) is 0. The molecule has 0 aliphatic rings. The Morgan fingerprint density at radius 1 is 1.29 bits per heavy atom. The van der Waals surface area contributed by atoms with E-state index in [-0.39, 0.29) is 0 Å². The van der Waals surface area contributed by atoms with Gasteiger partial charge in [-0.05, 0) is 30.4 Å². The van der Waals surface area contributed by atoms with E-state index >= 15 is 0 Å². The van der Waals surface area contributed by atoms with Gasteiger partial charge in [-0.25, -0.2) is 0 Å². The minimum absolute atomic E-state index is 0.830. The summed E-state index contributed by atoms with van der Waals surface area (Å²) in [6, 6.07) is 6.74. The van der Waals surface area contributed by atoms with Crippen molar-refractivity contribution in [2.75, 3.05) is 0 Å². The second kappa shape index (κ2) is 7.32. The van der Waals surface area contributed by atoms with Crippen molar-refractivity contribution >= 4 is 6.08 Å². The highest BCUT2D eigenvalue weighted by molar-refractivity contribution is 5.53. The van der Waals surface area contributed by atoms with Gasteiger partial charge in [0.1, 0.15) is 0 Å². The van der Waals surface area contributed by atoms with Gasteiger partial charge in [0.05, 0.1) is 0 Å². The van der Waals surface area contributed by atoms with E-state index in [0.717, 1.165) is 5.92 Å². The van der Waals surface area contributed by atoms with Gasteiger partial charge < -0.3 is 0 Å². The molecule has 0 heterocycles. The monoisotopic (exact) mass is 230 g/mol. The average molecular weight is 230 g/mol. The summed E-state index contributed by atoms with van der Waals surface area (Å²) in [5, 5.41) is 0. The first-order valence-electron chi connectivity index (χ1n) is 6.93. The van der Waals surface area contributed by atoms with Crippen molar-refractivity contribution in [1.29, 1.82) is 0 Å². The summed E-state index contributed by atoms with van der Waals surface area (Å²) in [6.45, 7) is 10.7. The molecular weight excluding hydrogens is 204 g/mol. The lowest BCUT2D eigenvalue weighted by Crippen LogP contribution is -2.04. The van der Waals surface area contributed by atoms with Gasteiger partial charge in [0.2, 0.25) is 0 Å². The van der Waals surface area contributed by atoms with Crippen LogP contribution in [0.5, 0.6) is 0 Å². The van der Waals surface area contributed by atoms with E-state index in [0.29, 0.717) is 0 Å². The number of benzene rings is 1. The largest absolute Gasteiger partial charge is 0.0985 e. The molecule has 0 aliphatic carbocycles. The normalized spacial score (nSPS) is 12.4. The zero-order chi connectivity index (χ0) is 12.7. The molecular formula is C17H26. The molecule has 0 heteroatoms. The van der Waals surface area contributed by atoms with Crippen LogP contribution in [0.1, 0.15) is 56.2 Å². The fourth-order valence-corrected chi connectivity index (χ4v) is 2.34. The van der Waals surface area contributed by atoms with Gasteiger partial charge in [-0.3, -0.25) is 0 Å². The van der Waals surface area contributed by atoms with Crippen LogP contribution in [0.4, 0.5) is 0 Å². The number of rotatable bonds is 7. The average Bonchev–Trinajstić information content (AvgIpc) is 2.35. The summed E-state index contributed by atoms with van der Waals surface area (Å²) >= 11 is 0. The summed E-state index contributed by atoms with van der Waals surface area (Å²) in [5.74, 6) is 0.830. The first-order valence-corrected chi connectivity index (χ1v) is 6.93. The minimum Gasteiger partial charge on any atom is -0.0985 e. The van der Waals surface area contributed by atoms with Crippen molar-refractivity contribution < 1.29 is 0 Å². The molecule has 0 N–H and O–H groups in total. The fourth-order valence-electron chi connectivity index (χ4n) is 2.34. The summed E-state index contributed by atoms with van der Waals surface area (Å²) in [4.78, 5) is 0. The van der Waals surface area contributed by atoms with Gasteiger partial charge in [-0.15, -0.1) is 0 Å². The van der Waals surface area contributed by atoms with Crippen LogP contribution in [0.25, 0.3) is 6.08 Å². The lowest BCUT2D eigenvalue weighted by molar-refractivity contribution is 0.449. The Morgan fingerprint density at radius 2 is 2.06 bits per heavy atom. The molecule has 0 bridgehead atoms. The van der Waals surface area contributed by atoms with E-state index in [4.69, 9.17) is 0 Å². The molecule has 0 amide bonds. The van der Waals surface area contributed by atoms with Crippen LogP contribution in [0.15, 0.2) is 24.8 Å². The van der Waals surface area contributed by atoms with Gasteiger partial charge in [-0.1, -0.05) is 75.9 Å². The number of unbranched alkanes of at least 4 members (excludes halogenated alkanes) is 1. The third kappa shape index (κ3) is 4.38. The van der Waals surface area contributed by atoms with Crippen LogP contribution in [-0.4, -0.2) is 0 Å². The summed E-state index contributed by atoms with van der Waals surface area (Å²) < 4.78 is 0. The van der Waals surface area contributed by atoms with Crippen LogP contribution in [0.3, 0.4) is 0 Å². The van der Waals surface area contributed by atoms with Crippen molar-refractivity contribution in [1.82, 2.24) is 0 Å². The Hall–Kier alpha value is -1.04. The maximum Gasteiger partial charge on any atom is -0.0228 e. The van der Waals surface area contributed by atoms with Gasteiger partial charge >= 0.3 is 0 Å². The zero-order valence-electron chi connectivity index (χ0n) is 11.6. The second-order valence-electron chi connectivity index (χ2n) is 5.03. The molecule has 0 aromatic heterocycles. The van der Waals surface area contributed by atoms with E-state index in [2.05, 4.69) is 45.5 Å². The molecule has 17 heavy (non-hydrogen) atoms. The quantitative estimate of drug-likeness (QED) is 0.588. The number of hydrogen-bond acceptors (Lipinski definition) is 0. The second-order valence-corrected chi connectivity index (χ2v) is 5.03. The molecule has 1 aromatic rings. The lowest BCUT2D eigenvalue weighted by Gasteiger charge is -2.16. The van der Waals surface area contributed by atoms with E-state index in [1.807, 2.05) is 6.08 Å². The molecule has 94 valence electrons. The molecule has 1 atom stereocenters. The maximum atomic E-state index is 3.93. The zero-order valence-corrected chi connectivity index (χ0v) is 11.6.